The van der Waals surface area contributed by atoms with E-state index >= 15 is 0 Å². The van der Waals surface area contributed by atoms with Crippen LogP contribution in [-0.2, 0) is 14.3 Å². The van der Waals surface area contributed by atoms with Gasteiger partial charge in [0, 0.05) is 16.2 Å². The summed E-state index contributed by atoms with van der Waals surface area (Å²) in [6.07, 6.45) is 0.192. The van der Waals surface area contributed by atoms with Crippen molar-refractivity contribution in [2.45, 2.75) is 25.2 Å². The summed E-state index contributed by atoms with van der Waals surface area (Å²) in [5.74, 6) is -1.07. The molecule has 0 bridgehead atoms. The monoisotopic (exact) mass is 371 g/mol. The van der Waals surface area contributed by atoms with Crippen LogP contribution in [0.25, 0.3) is 0 Å². The van der Waals surface area contributed by atoms with Gasteiger partial charge in [-0.3, -0.25) is 19.7 Å². The number of thioether (sulfide) groups is 1. The van der Waals surface area contributed by atoms with E-state index in [0.29, 0.717) is 11.3 Å². The van der Waals surface area contributed by atoms with Crippen LogP contribution in [0.5, 0.6) is 0 Å². The quantitative estimate of drug-likeness (QED) is 0.597. The van der Waals surface area contributed by atoms with Gasteiger partial charge < -0.3 is 4.74 Å². The largest absolute Gasteiger partial charge is 0.456 e. The standard InChI is InChI=1S/C20H21NO4S/c1-14-8-9-17(12-15(14)2)26-11-10-19(23)25-13-18(22)21-20(24)16-6-4-3-5-7-16/h3-9,12H,10-11,13H2,1-2H3,(H,21,22,24). The Morgan fingerprint density at radius 2 is 1.73 bits per heavy atom. The van der Waals surface area contributed by atoms with Crippen molar-refractivity contribution in [2.24, 2.45) is 0 Å². The summed E-state index contributed by atoms with van der Waals surface area (Å²) in [6.45, 7) is 3.63. The van der Waals surface area contributed by atoms with Crippen LogP contribution < -0.4 is 5.32 Å². The first-order valence-electron chi connectivity index (χ1n) is 8.20. The van der Waals surface area contributed by atoms with Crippen molar-refractivity contribution in [3.8, 4) is 0 Å². The number of imide groups is 1. The van der Waals surface area contributed by atoms with Crippen LogP contribution in [0.1, 0.15) is 27.9 Å². The van der Waals surface area contributed by atoms with Crippen LogP contribution in [0.2, 0.25) is 0 Å². The summed E-state index contributed by atoms with van der Waals surface area (Å²) in [5, 5.41) is 2.18. The molecule has 0 aliphatic heterocycles. The maximum Gasteiger partial charge on any atom is 0.307 e. The zero-order valence-corrected chi connectivity index (χ0v) is 15.6. The minimum absolute atomic E-state index is 0.192. The Hall–Kier alpha value is -2.60. The Kier molecular flexibility index (Phi) is 7.41. The van der Waals surface area contributed by atoms with Crippen molar-refractivity contribution >= 4 is 29.5 Å². The fraction of sp³-hybridized carbons (Fsp3) is 0.250. The molecule has 5 nitrogen and oxygen atoms in total. The molecule has 6 heteroatoms. The molecule has 2 aromatic rings. The molecule has 0 aromatic heterocycles. The van der Waals surface area contributed by atoms with Crippen molar-refractivity contribution in [2.75, 3.05) is 12.4 Å². The number of rotatable bonds is 7. The fourth-order valence-corrected chi connectivity index (χ4v) is 3.03. The summed E-state index contributed by atoms with van der Waals surface area (Å²) >= 11 is 1.56. The van der Waals surface area contributed by atoms with Crippen molar-refractivity contribution in [3.63, 3.8) is 0 Å². The molecule has 0 unspecified atom stereocenters. The van der Waals surface area contributed by atoms with Gasteiger partial charge in [0.1, 0.15) is 0 Å². The first-order chi connectivity index (χ1) is 12.5. The average molecular weight is 371 g/mol. The molecule has 0 heterocycles. The SMILES string of the molecule is Cc1ccc(SCCC(=O)OCC(=O)NC(=O)c2ccccc2)cc1C. The third-order valence-corrected chi connectivity index (χ3v) is 4.70. The van der Waals surface area contributed by atoms with E-state index < -0.39 is 24.4 Å². The predicted molar refractivity (Wildman–Crippen MR) is 101 cm³/mol. The van der Waals surface area contributed by atoms with E-state index in [0.717, 1.165) is 4.90 Å². The molecule has 0 saturated carbocycles. The maximum absolute atomic E-state index is 11.8. The minimum atomic E-state index is -0.644. The van der Waals surface area contributed by atoms with E-state index in [1.807, 2.05) is 19.1 Å². The van der Waals surface area contributed by atoms with Gasteiger partial charge in [0.2, 0.25) is 0 Å². The van der Waals surface area contributed by atoms with Crippen molar-refractivity contribution in [1.29, 1.82) is 0 Å². The molecule has 0 fully saturated rings. The van der Waals surface area contributed by atoms with Crippen molar-refractivity contribution < 1.29 is 19.1 Å². The number of nitrogens with one attached hydrogen (secondary N) is 1. The Labute approximate surface area is 157 Å². The van der Waals surface area contributed by atoms with Crippen LogP contribution in [0.4, 0.5) is 0 Å². The Balaban J connectivity index is 1.67. The highest BCUT2D eigenvalue weighted by Crippen LogP contribution is 2.21. The highest BCUT2D eigenvalue weighted by molar-refractivity contribution is 7.99. The van der Waals surface area contributed by atoms with E-state index in [2.05, 4.69) is 18.3 Å². The molecule has 2 rings (SSSR count). The zero-order valence-electron chi connectivity index (χ0n) is 14.8. The van der Waals surface area contributed by atoms with Crippen LogP contribution in [0, 0.1) is 13.8 Å². The van der Waals surface area contributed by atoms with Gasteiger partial charge in [0.15, 0.2) is 6.61 Å². The molecule has 136 valence electrons. The smallest absolute Gasteiger partial charge is 0.307 e. The summed E-state index contributed by atoms with van der Waals surface area (Å²) in [6, 6.07) is 14.5. The zero-order chi connectivity index (χ0) is 18.9. The van der Waals surface area contributed by atoms with Gasteiger partial charge in [-0.2, -0.15) is 0 Å². The average Bonchev–Trinajstić information content (AvgIpc) is 2.63. The third-order valence-electron chi connectivity index (χ3n) is 3.71. The number of benzene rings is 2. The Morgan fingerprint density at radius 3 is 2.42 bits per heavy atom. The van der Waals surface area contributed by atoms with Gasteiger partial charge in [-0.1, -0.05) is 24.3 Å². The molecule has 2 aromatic carbocycles. The maximum atomic E-state index is 11.8. The normalized spacial score (nSPS) is 10.2. The Morgan fingerprint density at radius 1 is 1.00 bits per heavy atom. The molecule has 0 saturated heterocycles. The molecular formula is C20H21NO4S. The van der Waals surface area contributed by atoms with Crippen LogP contribution in [0.3, 0.4) is 0 Å². The van der Waals surface area contributed by atoms with E-state index in [1.54, 1.807) is 42.1 Å². The predicted octanol–water partition coefficient (Wildman–Crippen LogP) is 3.29. The van der Waals surface area contributed by atoms with Gasteiger partial charge in [-0.15, -0.1) is 11.8 Å². The second-order valence-corrected chi connectivity index (χ2v) is 6.92. The molecule has 0 spiro atoms. The number of carbonyl (C=O) groups excluding carboxylic acids is 3. The minimum Gasteiger partial charge on any atom is -0.456 e. The van der Waals surface area contributed by atoms with Crippen LogP contribution in [0.15, 0.2) is 53.4 Å². The van der Waals surface area contributed by atoms with E-state index in [-0.39, 0.29) is 6.42 Å². The van der Waals surface area contributed by atoms with Crippen molar-refractivity contribution in [3.05, 3.63) is 65.2 Å². The summed E-state index contributed by atoms with van der Waals surface area (Å²) in [5.41, 5.74) is 2.80. The number of esters is 1. The molecule has 1 N–H and O–H groups in total. The highest BCUT2D eigenvalue weighted by atomic mass is 32.2. The number of hydrogen-bond acceptors (Lipinski definition) is 5. The molecule has 0 aliphatic carbocycles. The molecule has 0 aliphatic rings. The number of aryl methyl sites for hydroxylation is 2. The van der Waals surface area contributed by atoms with Gasteiger partial charge in [-0.25, -0.2) is 0 Å². The van der Waals surface area contributed by atoms with Gasteiger partial charge >= 0.3 is 5.97 Å². The highest BCUT2D eigenvalue weighted by Gasteiger charge is 2.12. The lowest BCUT2D eigenvalue weighted by Crippen LogP contribution is -2.34. The van der Waals surface area contributed by atoms with E-state index in [9.17, 15) is 14.4 Å². The summed E-state index contributed by atoms with van der Waals surface area (Å²) < 4.78 is 4.90. The lowest BCUT2D eigenvalue weighted by molar-refractivity contribution is -0.147. The number of ether oxygens (including phenoxy) is 1. The van der Waals surface area contributed by atoms with E-state index in [1.165, 1.54) is 11.1 Å². The second-order valence-electron chi connectivity index (χ2n) is 5.75. The van der Waals surface area contributed by atoms with Crippen LogP contribution in [-0.4, -0.2) is 30.1 Å². The first kappa shape index (κ1) is 19.7. The molecule has 0 atom stereocenters. The van der Waals surface area contributed by atoms with Crippen LogP contribution >= 0.6 is 11.8 Å². The number of hydrogen-bond donors (Lipinski definition) is 1. The fourth-order valence-electron chi connectivity index (χ4n) is 2.10. The molecule has 26 heavy (non-hydrogen) atoms. The number of carbonyl (C=O) groups is 3. The third kappa shape index (κ3) is 6.37. The first-order valence-corrected chi connectivity index (χ1v) is 9.19. The topological polar surface area (TPSA) is 72.5 Å². The van der Waals surface area contributed by atoms with Gasteiger partial charge in [0.05, 0.1) is 6.42 Å². The van der Waals surface area contributed by atoms with Gasteiger partial charge in [0.25, 0.3) is 11.8 Å². The summed E-state index contributed by atoms with van der Waals surface area (Å²) in [7, 11) is 0. The lowest BCUT2D eigenvalue weighted by Gasteiger charge is -2.07. The van der Waals surface area contributed by atoms with Gasteiger partial charge in [-0.05, 0) is 49.2 Å². The molecule has 2 amide bonds. The molecule has 0 radical (unpaired) electrons. The molecular weight excluding hydrogens is 350 g/mol. The number of amides is 2. The second kappa shape index (κ2) is 9.77. The summed E-state index contributed by atoms with van der Waals surface area (Å²) in [4.78, 5) is 36.3. The van der Waals surface area contributed by atoms with E-state index in [4.69, 9.17) is 4.74 Å². The Bertz CT molecular complexity index is 790. The van der Waals surface area contributed by atoms with Crippen molar-refractivity contribution in [1.82, 2.24) is 5.32 Å². The lowest BCUT2D eigenvalue weighted by atomic mass is 10.1.